The molecule has 0 radical (unpaired) electrons. The number of nitrogens with zero attached hydrogens (tertiary/aromatic N) is 3. The Morgan fingerprint density at radius 2 is 1.79 bits per heavy atom. The molecule has 0 spiro atoms. The van der Waals surface area contributed by atoms with Crippen molar-refractivity contribution in [3.8, 4) is 11.3 Å². The topological polar surface area (TPSA) is 78.4 Å². The highest BCUT2D eigenvalue weighted by Gasteiger charge is 2.30. The number of aromatic amines is 1. The molecule has 0 bridgehead atoms. The van der Waals surface area contributed by atoms with Gasteiger partial charge in [0.2, 0.25) is 10.0 Å². The van der Waals surface area contributed by atoms with Gasteiger partial charge in [-0.15, -0.1) is 0 Å². The van der Waals surface area contributed by atoms with Gasteiger partial charge in [-0.05, 0) is 86.4 Å². The molecule has 2 saturated heterocycles. The fourth-order valence-electron chi connectivity index (χ4n) is 6.18. The number of benzene rings is 1. The molecule has 2 aliphatic heterocycles. The third-order valence-electron chi connectivity index (χ3n) is 8.46. The maximum atomic E-state index is 13.0. The van der Waals surface area contributed by atoms with E-state index in [0.717, 1.165) is 48.3 Å². The zero-order valence-electron chi connectivity index (χ0n) is 22.9. The number of hydrogen-bond donors (Lipinski definition) is 1. The Kier molecular flexibility index (Phi) is 7.80. The maximum Gasteiger partial charge on any atom is 0.269 e. The quantitative estimate of drug-likeness (QED) is 0.431. The Labute approximate surface area is 230 Å². The lowest BCUT2D eigenvalue weighted by Crippen LogP contribution is -2.41. The lowest BCUT2D eigenvalue weighted by molar-refractivity contribution is 0.312. The van der Waals surface area contributed by atoms with Gasteiger partial charge >= 0.3 is 0 Å². The summed E-state index contributed by atoms with van der Waals surface area (Å²) in [6.07, 6.45) is 5.88. The Morgan fingerprint density at radius 3 is 2.45 bits per heavy atom. The molecule has 2 fully saturated rings. The van der Waals surface area contributed by atoms with E-state index < -0.39 is 10.0 Å². The lowest BCUT2D eigenvalue weighted by atomic mass is 9.88. The van der Waals surface area contributed by atoms with E-state index in [9.17, 15) is 13.2 Å². The minimum absolute atomic E-state index is 0.193. The molecule has 1 N–H and O–H groups in total. The highest BCUT2D eigenvalue weighted by molar-refractivity contribution is 7.89. The summed E-state index contributed by atoms with van der Waals surface area (Å²) in [5, 5.41) is 1.43. The van der Waals surface area contributed by atoms with Gasteiger partial charge in [0.1, 0.15) is 5.02 Å². The predicted molar refractivity (Wildman–Crippen MR) is 156 cm³/mol. The van der Waals surface area contributed by atoms with Crippen LogP contribution in [0.5, 0.6) is 0 Å². The van der Waals surface area contributed by atoms with E-state index in [1.807, 2.05) is 13.1 Å². The number of rotatable bonds is 7. The van der Waals surface area contributed by atoms with Crippen LogP contribution < -0.4 is 5.56 Å². The summed E-state index contributed by atoms with van der Waals surface area (Å²) in [6, 6.07) is 6.60. The average molecular weight is 559 g/mol. The van der Waals surface area contributed by atoms with Crippen LogP contribution in [0.15, 0.2) is 29.2 Å². The lowest BCUT2D eigenvalue weighted by Gasteiger charge is -2.32. The second-order valence-electron chi connectivity index (χ2n) is 11.3. The van der Waals surface area contributed by atoms with Crippen molar-refractivity contribution in [1.29, 1.82) is 0 Å². The van der Waals surface area contributed by atoms with E-state index in [1.165, 1.54) is 29.4 Å². The van der Waals surface area contributed by atoms with Gasteiger partial charge in [0.15, 0.2) is 0 Å². The van der Waals surface area contributed by atoms with Crippen LogP contribution in [0.1, 0.15) is 68.1 Å². The fourth-order valence-corrected chi connectivity index (χ4v) is 7.93. The largest absolute Gasteiger partial charge is 0.354 e. The van der Waals surface area contributed by atoms with Crippen LogP contribution in [0.3, 0.4) is 0 Å². The van der Waals surface area contributed by atoms with Crippen molar-refractivity contribution in [3.05, 3.63) is 56.5 Å². The third-order valence-corrected chi connectivity index (χ3v) is 10.8. The monoisotopic (exact) mass is 558 g/mol. The van der Waals surface area contributed by atoms with E-state index in [0.29, 0.717) is 25.6 Å². The summed E-state index contributed by atoms with van der Waals surface area (Å²) in [4.78, 5) is 18.2. The Morgan fingerprint density at radius 1 is 1.11 bits per heavy atom. The number of likely N-dealkylation sites (tertiary alicyclic amines) is 1. The zero-order chi connectivity index (χ0) is 27.2. The molecule has 3 aromatic rings. The summed E-state index contributed by atoms with van der Waals surface area (Å²) >= 11 is 6.40. The number of halogens is 1. The van der Waals surface area contributed by atoms with Crippen LogP contribution in [0, 0.1) is 6.92 Å². The summed E-state index contributed by atoms with van der Waals surface area (Å²) in [6.45, 7) is 10.1. The fraction of sp³-hybridized carbons (Fsp3) is 0.552. The molecular formula is C29H39ClN4O3S. The van der Waals surface area contributed by atoms with Crippen LogP contribution in [0.2, 0.25) is 5.02 Å². The summed E-state index contributed by atoms with van der Waals surface area (Å²) in [5.41, 5.74) is 6.05. The molecule has 0 unspecified atom stereocenters. The third kappa shape index (κ3) is 5.20. The number of aryl methyl sites for hydroxylation is 1. The van der Waals surface area contributed by atoms with E-state index >= 15 is 0 Å². The van der Waals surface area contributed by atoms with Crippen LogP contribution >= 0.6 is 11.6 Å². The van der Waals surface area contributed by atoms with Gasteiger partial charge < -0.3 is 14.5 Å². The smallest absolute Gasteiger partial charge is 0.269 e. The number of piperidine rings is 1. The molecule has 0 saturated carbocycles. The molecular weight excluding hydrogens is 520 g/mol. The Bertz CT molecular complexity index is 1490. The standard InChI is InChI=1S/C29H39ClN4O3S/c1-19(2)26-23-17-22(7-8-25(23)31-28(26)24-18-32(4)29(35)27(30)20(24)3)21-9-13-34(14-10-21)38(36,37)16-15-33-11-5-6-12-33/h7-8,17-19,21,31H,5-6,9-16H2,1-4H3. The molecule has 206 valence electrons. The van der Waals surface area contributed by atoms with Gasteiger partial charge in [-0.1, -0.05) is 31.5 Å². The average Bonchev–Trinajstić information content (AvgIpc) is 3.56. The normalized spacial score (nSPS) is 18.3. The molecule has 9 heteroatoms. The second-order valence-corrected chi connectivity index (χ2v) is 13.8. The van der Waals surface area contributed by atoms with Crippen molar-refractivity contribution in [3.63, 3.8) is 0 Å². The molecule has 5 rings (SSSR count). The van der Waals surface area contributed by atoms with E-state index in [-0.39, 0.29) is 22.3 Å². The van der Waals surface area contributed by atoms with Gasteiger partial charge in [0.05, 0.1) is 11.4 Å². The van der Waals surface area contributed by atoms with Gasteiger partial charge in [-0.2, -0.15) is 0 Å². The first-order valence-corrected chi connectivity index (χ1v) is 15.8. The minimum atomic E-state index is -3.22. The van der Waals surface area contributed by atoms with Crippen LogP contribution in [-0.2, 0) is 17.1 Å². The van der Waals surface area contributed by atoms with Crippen LogP contribution in [-0.4, -0.2) is 65.7 Å². The SMILES string of the molecule is Cc1c(-c2[nH]c3ccc(C4CCN(S(=O)(=O)CCN5CCCC5)CC4)cc3c2C(C)C)cn(C)c(=O)c1Cl. The van der Waals surface area contributed by atoms with Crippen LogP contribution in [0.4, 0.5) is 0 Å². The van der Waals surface area contributed by atoms with Crippen LogP contribution in [0.25, 0.3) is 22.2 Å². The molecule has 2 aliphatic rings. The maximum absolute atomic E-state index is 13.0. The molecule has 0 aliphatic carbocycles. The number of pyridine rings is 1. The highest BCUT2D eigenvalue weighted by atomic mass is 35.5. The molecule has 38 heavy (non-hydrogen) atoms. The predicted octanol–water partition coefficient (Wildman–Crippen LogP) is 5.22. The van der Waals surface area contributed by atoms with E-state index in [2.05, 4.69) is 41.9 Å². The summed E-state index contributed by atoms with van der Waals surface area (Å²) < 4.78 is 29.2. The number of H-pyrrole nitrogens is 1. The first kappa shape index (κ1) is 27.4. The number of sulfonamides is 1. The van der Waals surface area contributed by atoms with Crippen molar-refractivity contribution < 1.29 is 8.42 Å². The van der Waals surface area contributed by atoms with Gasteiger partial charge in [-0.3, -0.25) is 4.79 Å². The van der Waals surface area contributed by atoms with Gasteiger partial charge in [-0.25, -0.2) is 12.7 Å². The van der Waals surface area contributed by atoms with E-state index in [4.69, 9.17) is 11.6 Å². The molecule has 0 amide bonds. The van der Waals surface area contributed by atoms with Crippen molar-refractivity contribution in [1.82, 2.24) is 18.8 Å². The first-order chi connectivity index (χ1) is 18.1. The molecule has 1 aromatic carbocycles. The Hall–Kier alpha value is -2.13. The number of nitrogens with one attached hydrogen (secondary N) is 1. The zero-order valence-corrected chi connectivity index (χ0v) is 24.5. The molecule has 2 aromatic heterocycles. The molecule has 0 atom stereocenters. The van der Waals surface area contributed by atoms with Gasteiger partial charge in [0.25, 0.3) is 5.56 Å². The summed E-state index contributed by atoms with van der Waals surface area (Å²) in [7, 11) is -1.49. The number of aromatic nitrogens is 2. The van der Waals surface area contributed by atoms with Crippen molar-refractivity contribution in [2.24, 2.45) is 7.05 Å². The van der Waals surface area contributed by atoms with E-state index in [1.54, 1.807) is 15.9 Å². The van der Waals surface area contributed by atoms with Crippen molar-refractivity contribution >= 4 is 32.5 Å². The first-order valence-electron chi connectivity index (χ1n) is 13.8. The Balaban J connectivity index is 1.38. The van der Waals surface area contributed by atoms with Gasteiger partial charge in [0, 0.05) is 49.3 Å². The second kappa shape index (κ2) is 10.8. The van der Waals surface area contributed by atoms with Crippen molar-refractivity contribution in [2.75, 3.05) is 38.5 Å². The number of hydrogen-bond acceptors (Lipinski definition) is 4. The summed E-state index contributed by atoms with van der Waals surface area (Å²) in [5.74, 6) is 0.811. The highest BCUT2D eigenvalue weighted by Crippen LogP contribution is 2.39. The molecule has 4 heterocycles. The van der Waals surface area contributed by atoms with Crippen molar-refractivity contribution in [2.45, 2.75) is 58.3 Å². The molecule has 7 nitrogen and oxygen atoms in total. The number of fused-ring (bicyclic) bond motifs is 1. The minimum Gasteiger partial charge on any atom is -0.354 e.